The average Bonchev–Trinajstić information content (AvgIpc) is 3.32. The summed E-state index contributed by atoms with van der Waals surface area (Å²) in [6, 6.07) is 4.84. The van der Waals surface area contributed by atoms with E-state index < -0.39 is 12.1 Å². The number of halogens is 3. The van der Waals surface area contributed by atoms with Gasteiger partial charge in [-0.2, -0.15) is 23.3 Å². The van der Waals surface area contributed by atoms with Crippen LogP contribution in [0.5, 0.6) is 0 Å². The first-order valence-corrected chi connectivity index (χ1v) is 7.80. The zero-order chi connectivity index (χ0) is 19.3. The fraction of sp³-hybridized carbons (Fsp3) is 0.176. The Bertz CT molecular complexity index is 1170. The lowest BCUT2D eigenvalue weighted by Crippen LogP contribution is -2.09. The molecule has 0 amide bonds. The molecular formula is C17H12F3N5O2. The summed E-state index contributed by atoms with van der Waals surface area (Å²) in [4.78, 5) is 16.2. The maximum Gasteiger partial charge on any atom is 0.471 e. The van der Waals surface area contributed by atoms with Crippen molar-refractivity contribution in [2.75, 3.05) is 0 Å². The first kappa shape index (κ1) is 17.0. The molecule has 0 N–H and O–H groups in total. The van der Waals surface area contributed by atoms with Gasteiger partial charge in [0, 0.05) is 30.4 Å². The smallest absolute Gasteiger partial charge is 0.329 e. The van der Waals surface area contributed by atoms with Crippen molar-refractivity contribution >= 4 is 16.8 Å². The van der Waals surface area contributed by atoms with Crippen LogP contribution in [0.2, 0.25) is 0 Å². The molecule has 0 fully saturated rings. The molecule has 0 aliphatic rings. The highest BCUT2D eigenvalue weighted by molar-refractivity contribution is 6.03. The highest BCUT2D eigenvalue weighted by Crippen LogP contribution is 2.31. The molecule has 0 atom stereocenters. The Morgan fingerprint density at radius 2 is 2.00 bits per heavy atom. The maximum atomic E-state index is 12.8. The molecule has 4 aromatic rings. The van der Waals surface area contributed by atoms with Crippen molar-refractivity contribution in [3.8, 4) is 11.4 Å². The lowest BCUT2D eigenvalue weighted by atomic mass is 10.1. The van der Waals surface area contributed by atoms with E-state index >= 15 is 0 Å². The van der Waals surface area contributed by atoms with Crippen LogP contribution < -0.4 is 0 Å². The quantitative estimate of drug-likeness (QED) is 0.536. The van der Waals surface area contributed by atoms with Crippen molar-refractivity contribution in [1.82, 2.24) is 24.5 Å². The van der Waals surface area contributed by atoms with Gasteiger partial charge in [-0.15, -0.1) is 0 Å². The number of nitrogens with zero attached hydrogens (tertiary/aromatic N) is 5. The van der Waals surface area contributed by atoms with Crippen LogP contribution in [0.15, 0.2) is 41.3 Å². The number of aromatic nitrogens is 5. The van der Waals surface area contributed by atoms with Gasteiger partial charge < -0.3 is 4.52 Å². The van der Waals surface area contributed by atoms with E-state index in [0.717, 1.165) is 10.9 Å². The van der Waals surface area contributed by atoms with E-state index in [1.54, 1.807) is 37.6 Å². The van der Waals surface area contributed by atoms with Crippen LogP contribution in [-0.4, -0.2) is 30.4 Å². The molecule has 7 nitrogen and oxygen atoms in total. The molecule has 0 radical (unpaired) electrons. The van der Waals surface area contributed by atoms with Gasteiger partial charge in [-0.25, -0.2) is 0 Å². The summed E-state index contributed by atoms with van der Waals surface area (Å²) < 4.78 is 45.3. The maximum absolute atomic E-state index is 12.8. The van der Waals surface area contributed by atoms with Gasteiger partial charge in [0.2, 0.25) is 5.82 Å². The van der Waals surface area contributed by atoms with Gasteiger partial charge in [0.05, 0.1) is 17.3 Å². The van der Waals surface area contributed by atoms with Crippen molar-refractivity contribution in [3.05, 3.63) is 53.8 Å². The van der Waals surface area contributed by atoms with E-state index in [2.05, 4.69) is 19.8 Å². The standard InChI is InChI=1S/C17H12F3N5O2/c1-9-7-25(15(26)11-6-21-24(2)8-11)13-5-10(3-4-12(9)13)14-22-16(27-23-14)17(18,19)20/h3-8H,1-2H3. The van der Waals surface area contributed by atoms with E-state index in [4.69, 9.17) is 0 Å². The molecule has 1 aromatic carbocycles. The monoisotopic (exact) mass is 375 g/mol. The van der Waals surface area contributed by atoms with Crippen LogP contribution >= 0.6 is 0 Å². The Morgan fingerprint density at radius 3 is 2.63 bits per heavy atom. The lowest BCUT2D eigenvalue weighted by molar-refractivity contribution is -0.159. The fourth-order valence-electron chi connectivity index (χ4n) is 2.83. The molecular weight excluding hydrogens is 363 g/mol. The van der Waals surface area contributed by atoms with Crippen LogP contribution in [0.25, 0.3) is 22.3 Å². The Morgan fingerprint density at radius 1 is 1.22 bits per heavy atom. The average molecular weight is 375 g/mol. The van der Waals surface area contributed by atoms with Gasteiger partial charge in [0.1, 0.15) is 0 Å². The molecule has 0 aliphatic carbocycles. The van der Waals surface area contributed by atoms with Crippen molar-refractivity contribution in [1.29, 1.82) is 0 Å². The predicted octanol–water partition coefficient (Wildman–Crippen LogP) is 3.44. The van der Waals surface area contributed by atoms with Crippen molar-refractivity contribution in [2.24, 2.45) is 7.05 Å². The predicted molar refractivity (Wildman–Crippen MR) is 87.9 cm³/mol. The minimum Gasteiger partial charge on any atom is -0.329 e. The van der Waals surface area contributed by atoms with E-state index in [1.165, 1.54) is 15.4 Å². The number of carbonyl (C=O) groups excluding carboxylic acids is 1. The topological polar surface area (TPSA) is 78.7 Å². The Labute approximate surface area is 150 Å². The number of aryl methyl sites for hydroxylation is 2. The molecule has 0 aliphatic heterocycles. The van der Waals surface area contributed by atoms with E-state index in [9.17, 15) is 18.0 Å². The van der Waals surface area contributed by atoms with Crippen LogP contribution in [0, 0.1) is 6.92 Å². The highest BCUT2D eigenvalue weighted by Gasteiger charge is 2.38. The SMILES string of the molecule is Cc1cn(C(=O)c2cnn(C)c2)c2cc(-c3noc(C(F)(F)F)n3)ccc12. The lowest BCUT2D eigenvalue weighted by Gasteiger charge is -2.03. The van der Waals surface area contributed by atoms with Gasteiger partial charge >= 0.3 is 12.1 Å². The number of hydrogen-bond donors (Lipinski definition) is 0. The second-order valence-electron chi connectivity index (χ2n) is 6.04. The van der Waals surface area contributed by atoms with Crippen molar-refractivity contribution < 1.29 is 22.5 Å². The molecule has 4 rings (SSSR count). The number of alkyl halides is 3. The van der Waals surface area contributed by atoms with Crippen molar-refractivity contribution in [3.63, 3.8) is 0 Å². The Balaban J connectivity index is 1.82. The third-order valence-electron chi connectivity index (χ3n) is 4.10. The van der Waals surface area contributed by atoms with Crippen LogP contribution in [0.4, 0.5) is 13.2 Å². The van der Waals surface area contributed by atoms with Gasteiger partial charge in [0.25, 0.3) is 5.91 Å². The summed E-state index contributed by atoms with van der Waals surface area (Å²) in [5, 5.41) is 8.16. The summed E-state index contributed by atoms with van der Waals surface area (Å²) in [6.07, 6.45) is -0.0200. The number of carbonyl (C=O) groups is 1. The first-order chi connectivity index (χ1) is 12.7. The number of benzene rings is 1. The van der Waals surface area contributed by atoms with Gasteiger partial charge in [0.15, 0.2) is 0 Å². The zero-order valence-electron chi connectivity index (χ0n) is 14.2. The van der Waals surface area contributed by atoms with Gasteiger partial charge in [-0.3, -0.25) is 14.0 Å². The van der Waals surface area contributed by atoms with E-state index in [-0.39, 0.29) is 11.7 Å². The van der Waals surface area contributed by atoms with Crippen LogP contribution in [-0.2, 0) is 13.2 Å². The Hall–Kier alpha value is -3.43. The molecule has 0 unspecified atom stereocenters. The zero-order valence-corrected chi connectivity index (χ0v) is 14.2. The molecule has 3 aromatic heterocycles. The molecule has 138 valence electrons. The molecule has 0 saturated heterocycles. The summed E-state index contributed by atoms with van der Waals surface area (Å²) >= 11 is 0. The number of hydrogen-bond acceptors (Lipinski definition) is 5. The molecule has 10 heteroatoms. The molecule has 0 saturated carbocycles. The third-order valence-corrected chi connectivity index (χ3v) is 4.10. The largest absolute Gasteiger partial charge is 0.471 e. The molecule has 0 spiro atoms. The van der Waals surface area contributed by atoms with E-state index in [0.29, 0.717) is 16.6 Å². The molecule has 3 heterocycles. The molecule has 0 bridgehead atoms. The highest BCUT2D eigenvalue weighted by atomic mass is 19.4. The Kier molecular flexibility index (Phi) is 3.65. The van der Waals surface area contributed by atoms with Crippen LogP contribution in [0.1, 0.15) is 21.8 Å². The number of rotatable bonds is 2. The second kappa shape index (κ2) is 5.79. The normalized spacial score (nSPS) is 12.0. The summed E-state index contributed by atoms with van der Waals surface area (Å²) in [5.41, 5.74) is 2.06. The summed E-state index contributed by atoms with van der Waals surface area (Å²) in [5.74, 6) is -1.93. The van der Waals surface area contributed by atoms with Crippen molar-refractivity contribution in [2.45, 2.75) is 13.1 Å². The fourth-order valence-corrected chi connectivity index (χ4v) is 2.83. The van der Waals surface area contributed by atoms with Gasteiger partial charge in [-0.05, 0) is 18.6 Å². The van der Waals surface area contributed by atoms with Crippen LogP contribution in [0.3, 0.4) is 0 Å². The number of fused-ring (bicyclic) bond motifs is 1. The molecule has 27 heavy (non-hydrogen) atoms. The minimum atomic E-state index is -4.72. The van der Waals surface area contributed by atoms with Gasteiger partial charge in [-0.1, -0.05) is 17.3 Å². The third kappa shape index (κ3) is 2.88. The second-order valence-corrected chi connectivity index (χ2v) is 6.04. The first-order valence-electron chi connectivity index (χ1n) is 7.80. The minimum absolute atomic E-state index is 0.205. The summed E-state index contributed by atoms with van der Waals surface area (Å²) in [6.45, 7) is 1.84. The van der Waals surface area contributed by atoms with E-state index in [1.807, 2.05) is 6.92 Å². The summed E-state index contributed by atoms with van der Waals surface area (Å²) in [7, 11) is 1.70.